The quantitative estimate of drug-likeness (QED) is 0.782. The summed E-state index contributed by atoms with van der Waals surface area (Å²) in [6.07, 6.45) is 4.48. The van der Waals surface area contributed by atoms with Crippen LogP contribution in [0.4, 0.5) is 0 Å². The molecular weight excluding hydrogens is 328 g/mol. The molecule has 0 N–H and O–H groups in total. The van der Waals surface area contributed by atoms with E-state index >= 15 is 0 Å². The predicted octanol–water partition coefficient (Wildman–Crippen LogP) is 2.79. The van der Waals surface area contributed by atoms with Crippen LogP contribution in [-0.2, 0) is 9.53 Å². The van der Waals surface area contributed by atoms with E-state index in [0.29, 0.717) is 6.04 Å². The van der Waals surface area contributed by atoms with Crippen LogP contribution >= 0.6 is 0 Å². The molecule has 144 valence electrons. The molecule has 1 atom stereocenters. The van der Waals surface area contributed by atoms with Gasteiger partial charge in [-0.1, -0.05) is 6.07 Å². The van der Waals surface area contributed by atoms with Crippen molar-refractivity contribution in [2.24, 2.45) is 0 Å². The second-order valence-corrected chi connectivity index (χ2v) is 7.59. The third-order valence-corrected chi connectivity index (χ3v) is 5.39. The number of ether oxygens (including phenoxy) is 2. The van der Waals surface area contributed by atoms with E-state index in [4.69, 9.17) is 9.47 Å². The highest BCUT2D eigenvalue weighted by Crippen LogP contribution is 2.21. The van der Waals surface area contributed by atoms with Gasteiger partial charge in [-0.2, -0.15) is 0 Å². The lowest BCUT2D eigenvalue weighted by molar-refractivity contribution is -0.137. The number of hydrogen-bond donors (Lipinski definition) is 0. The number of carbonyl (C=O) groups is 1. The van der Waals surface area contributed by atoms with Crippen molar-refractivity contribution in [1.82, 2.24) is 9.80 Å². The maximum atomic E-state index is 12.8. The first-order valence-electron chi connectivity index (χ1n) is 9.92. The summed E-state index contributed by atoms with van der Waals surface area (Å²) >= 11 is 0. The molecule has 1 aromatic carbocycles. The van der Waals surface area contributed by atoms with E-state index in [-0.39, 0.29) is 12.5 Å². The molecule has 5 nitrogen and oxygen atoms in total. The zero-order valence-electron chi connectivity index (χ0n) is 16.2. The van der Waals surface area contributed by atoms with Crippen LogP contribution in [0.25, 0.3) is 0 Å². The Morgan fingerprint density at radius 1 is 1.12 bits per heavy atom. The molecule has 2 aliphatic heterocycles. The van der Waals surface area contributed by atoms with Gasteiger partial charge in [-0.05, 0) is 62.8 Å². The number of morpholine rings is 1. The van der Waals surface area contributed by atoms with Crippen LogP contribution in [-0.4, -0.2) is 67.7 Å². The lowest BCUT2D eigenvalue weighted by Gasteiger charge is -2.37. The topological polar surface area (TPSA) is 42.0 Å². The first-order valence-corrected chi connectivity index (χ1v) is 9.92. The average molecular weight is 360 g/mol. The minimum atomic E-state index is 0.121. The van der Waals surface area contributed by atoms with Crippen molar-refractivity contribution in [2.45, 2.75) is 45.6 Å². The molecule has 0 saturated carbocycles. The first-order chi connectivity index (χ1) is 12.6. The van der Waals surface area contributed by atoms with E-state index < -0.39 is 0 Å². The van der Waals surface area contributed by atoms with Crippen LogP contribution in [0.2, 0.25) is 0 Å². The zero-order chi connectivity index (χ0) is 18.4. The molecule has 3 rings (SSSR count). The summed E-state index contributed by atoms with van der Waals surface area (Å²) in [5.74, 6) is 0.911. The molecule has 2 fully saturated rings. The van der Waals surface area contributed by atoms with Gasteiger partial charge in [0, 0.05) is 32.2 Å². The first kappa shape index (κ1) is 19.2. The van der Waals surface area contributed by atoms with E-state index in [9.17, 15) is 4.79 Å². The maximum Gasteiger partial charge on any atom is 0.260 e. The van der Waals surface area contributed by atoms with Crippen LogP contribution in [0, 0.1) is 13.8 Å². The Bertz CT molecular complexity index is 579. The SMILES string of the molecule is Cc1cc(C)cc(OCC(=O)N2CCCCC2CCN2CCOCC2)c1. The largest absolute Gasteiger partial charge is 0.484 e. The van der Waals surface area contributed by atoms with Crippen LogP contribution in [0.3, 0.4) is 0 Å². The number of nitrogens with zero attached hydrogens (tertiary/aromatic N) is 2. The Hall–Kier alpha value is -1.59. The molecule has 1 unspecified atom stereocenters. The summed E-state index contributed by atoms with van der Waals surface area (Å²) in [6, 6.07) is 6.45. The normalized spacial score (nSPS) is 21.6. The Labute approximate surface area is 157 Å². The summed E-state index contributed by atoms with van der Waals surface area (Å²) in [4.78, 5) is 17.3. The van der Waals surface area contributed by atoms with E-state index in [1.54, 1.807) is 0 Å². The fourth-order valence-corrected chi connectivity index (χ4v) is 4.03. The summed E-state index contributed by atoms with van der Waals surface area (Å²) in [5, 5.41) is 0. The van der Waals surface area contributed by atoms with E-state index in [2.05, 4.69) is 15.9 Å². The number of hydrogen-bond acceptors (Lipinski definition) is 4. The van der Waals surface area contributed by atoms with E-state index in [1.165, 1.54) is 6.42 Å². The zero-order valence-corrected chi connectivity index (χ0v) is 16.2. The van der Waals surface area contributed by atoms with Gasteiger partial charge in [-0.25, -0.2) is 0 Å². The summed E-state index contributed by atoms with van der Waals surface area (Å²) in [7, 11) is 0. The molecule has 0 bridgehead atoms. The fourth-order valence-electron chi connectivity index (χ4n) is 4.03. The highest BCUT2D eigenvalue weighted by molar-refractivity contribution is 5.78. The van der Waals surface area contributed by atoms with E-state index in [1.807, 2.05) is 26.0 Å². The van der Waals surface area contributed by atoms with Crippen molar-refractivity contribution in [3.05, 3.63) is 29.3 Å². The third-order valence-electron chi connectivity index (χ3n) is 5.39. The van der Waals surface area contributed by atoms with Crippen molar-refractivity contribution >= 4 is 5.91 Å². The van der Waals surface area contributed by atoms with Gasteiger partial charge in [-0.3, -0.25) is 9.69 Å². The van der Waals surface area contributed by atoms with Gasteiger partial charge in [-0.15, -0.1) is 0 Å². The second kappa shape index (κ2) is 9.38. The number of amides is 1. The van der Waals surface area contributed by atoms with Gasteiger partial charge in [0.2, 0.25) is 0 Å². The summed E-state index contributed by atoms with van der Waals surface area (Å²) in [6.45, 7) is 9.83. The third kappa shape index (κ3) is 5.45. The summed E-state index contributed by atoms with van der Waals surface area (Å²) in [5.41, 5.74) is 2.32. The van der Waals surface area contributed by atoms with Crippen molar-refractivity contribution in [1.29, 1.82) is 0 Å². The van der Waals surface area contributed by atoms with Crippen molar-refractivity contribution in [3.8, 4) is 5.75 Å². The summed E-state index contributed by atoms with van der Waals surface area (Å²) < 4.78 is 11.2. The smallest absolute Gasteiger partial charge is 0.260 e. The molecule has 1 amide bonds. The number of aryl methyl sites for hydroxylation is 2. The molecular formula is C21H32N2O3. The molecule has 2 aliphatic rings. The molecule has 0 radical (unpaired) electrons. The van der Waals surface area contributed by atoms with Crippen LogP contribution < -0.4 is 4.74 Å². The molecule has 0 spiro atoms. The molecule has 1 aromatic rings. The monoisotopic (exact) mass is 360 g/mol. The highest BCUT2D eigenvalue weighted by Gasteiger charge is 2.27. The number of carbonyl (C=O) groups excluding carboxylic acids is 1. The number of rotatable bonds is 6. The van der Waals surface area contributed by atoms with Gasteiger partial charge in [0.15, 0.2) is 6.61 Å². The molecule has 2 heterocycles. The van der Waals surface area contributed by atoms with Crippen LogP contribution in [0.5, 0.6) is 5.75 Å². The molecule has 26 heavy (non-hydrogen) atoms. The van der Waals surface area contributed by atoms with Crippen molar-refractivity contribution in [3.63, 3.8) is 0 Å². The lowest BCUT2D eigenvalue weighted by Crippen LogP contribution is -2.47. The molecule has 5 heteroatoms. The van der Waals surface area contributed by atoms with Crippen molar-refractivity contribution < 1.29 is 14.3 Å². The predicted molar refractivity (Wildman–Crippen MR) is 103 cm³/mol. The highest BCUT2D eigenvalue weighted by atomic mass is 16.5. The van der Waals surface area contributed by atoms with Gasteiger partial charge in [0.25, 0.3) is 5.91 Å². The Kier molecular flexibility index (Phi) is 6.92. The fraction of sp³-hybridized carbons (Fsp3) is 0.667. The van der Waals surface area contributed by atoms with Gasteiger partial charge < -0.3 is 14.4 Å². The maximum absolute atomic E-state index is 12.8. The Balaban J connectivity index is 1.51. The Morgan fingerprint density at radius 2 is 1.85 bits per heavy atom. The molecule has 0 aromatic heterocycles. The van der Waals surface area contributed by atoms with Gasteiger partial charge in [0.1, 0.15) is 5.75 Å². The minimum absolute atomic E-state index is 0.121. The minimum Gasteiger partial charge on any atom is -0.484 e. The number of likely N-dealkylation sites (tertiary alicyclic amines) is 1. The second-order valence-electron chi connectivity index (χ2n) is 7.59. The number of piperidine rings is 1. The van der Waals surface area contributed by atoms with Gasteiger partial charge >= 0.3 is 0 Å². The molecule has 0 aliphatic carbocycles. The van der Waals surface area contributed by atoms with Crippen molar-refractivity contribution in [2.75, 3.05) is 46.0 Å². The van der Waals surface area contributed by atoms with Crippen LogP contribution in [0.15, 0.2) is 18.2 Å². The Morgan fingerprint density at radius 3 is 2.58 bits per heavy atom. The lowest BCUT2D eigenvalue weighted by atomic mass is 9.99. The van der Waals surface area contributed by atoms with Gasteiger partial charge in [0.05, 0.1) is 13.2 Å². The van der Waals surface area contributed by atoms with E-state index in [0.717, 1.165) is 75.5 Å². The van der Waals surface area contributed by atoms with Crippen LogP contribution in [0.1, 0.15) is 36.8 Å². The molecule has 2 saturated heterocycles. The standard InChI is InChI=1S/C21H32N2O3/c1-17-13-18(2)15-20(14-17)26-16-21(24)23-7-4-3-5-19(23)6-8-22-9-11-25-12-10-22/h13-15,19H,3-12,16H2,1-2H3. The number of benzene rings is 1. The average Bonchev–Trinajstić information content (AvgIpc) is 2.65.